The molecule has 3 aromatic rings. The number of nitrogens with zero attached hydrogens (tertiary/aromatic N) is 2. The second-order valence-electron chi connectivity index (χ2n) is 8.01. The van der Waals surface area contributed by atoms with Crippen LogP contribution in [-0.4, -0.2) is 23.1 Å². The minimum absolute atomic E-state index is 0.539. The molecule has 0 amide bonds. The normalized spacial score (nSPS) is 12.0. The SMILES string of the molecule is C=C(NC(CC(C)C)=NC)c1ccc2[nH]nc(-c3cccc(CCCC)c3)c2c1. The Bertz CT molecular complexity index is 1010. The molecule has 0 fully saturated rings. The van der Waals surface area contributed by atoms with Crippen molar-refractivity contribution in [1.82, 2.24) is 15.5 Å². The van der Waals surface area contributed by atoms with E-state index in [2.05, 4.69) is 90.3 Å². The van der Waals surface area contributed by atoms with E-state index in [1.165, 1.54) is 18.4 Å². The van der Waals surface area contributed by atoms with Crippen LogP contribution in [-0.2, 0) is 6.42 Å². The lowest BCUT2D eigenvalue weighted by Crippen LogP contribution is -2.23. The minimum Gasteiger partial charge on any atom is -0.344 e. The van der Waals surface area contributed by atoms with E-state index in [4.69, 9.17) is 0 Å². The number of unbranched alkanes of at least 4 members (excludes halogenated alkanes) is 1. The zero-order chi connectivity index (χ0) is 20.8. The van der Waals surface area contributed by atoms with Gasteiger partial charge >= 0.3 is 0 Å². The van der Waals surface area contributed by atoms with E-state index in [1.807, 2.05) is 7.05 Å². The van der Waals surface area contributed by atoms with Gasteiger partial charge in [0.05, 0.1) is 11.2 Å². The van der Waals surface area contributed by atoms with Crippen LogP contribution in [0.3, 0.4) is 0 Å². The van der Waals surface area contributed by atoms with Gasteiger partial charge in [-0.15, -0.1) is 0 Å². The molecular formula is C25H32N4. The van der Waals surface area contributed by atoms with E-state index in [0.717, 1.165) is 52.1 Å². The Balaban J connectivity index is 1.90. The second kappa shape index (κ2) is 9.55. The van der Waals surface area contributed by atoms with Crippen LogP contribution >= 0.6 is 0 Å². The summed E-state index contributed by atoms with van der Waals surface area (Å²) in [5.41, 5.74) is 6.43. The second-order valence-corrected chi connectivity index (χ2v) is 8.01. The fraction of sp³-hybridized carbons (Fsp3) is 0.360. The molecule has 2 N–H and O–H groups in total. The molecule has 0 saturated heterocycles. The topological polar surface area (TPSA) is 53.1 Å². The summed E-state index contributed by atoms with van der Waals surface area (Å²) in [6.45, 7) is 10.8. The summed E-state index contributed by atoms with van der Waals surface area (Å²) in [6, 6.07) is 15.0. The maximum Gasteiger partial charge on any atom is 0.101 e. The predicted octanol–water partition coefficient (Wildman–Crippen LogP) is 6.21. The summed E-state index contributed by atoms with van der Waals surface area (Å²) in [5, 5.41) is 12.3. The molecule has 1 aromatic heterocycles. The van der Waals surface area contributed by atoms with Crippen molar-refractivity contribution in [3.05, 3.63) is 60.2 Å². The molecule has 0 aliphatic heterocycles. The third-order valence-corrected chi connectivity index (χ3v) is 5.10. The summed E-state index contributed by atoms with van der Waals surface area (Å²) in [5.74, 6) is 1.50. The molecule has 1 heterocycles. The standard InChI is InChI=1S/C25H32N4/c1-6-7-9-19-10-8-11-21(15-19)25-22-16-20(12-13-23(22)28-29-25)18(4)27-24(26-5)14-17(2)3/h8,10-13,15-17H,4,6-7,9,14H2,1-3,5H3,(H,26,27)(H,28,29). The molecule has 0 radical (unpaired) electrons. The van der Waals surface area contributed by atoms with Crippen LogP contribution in [0.1, 0.15) is 51.2 Å². The first-order chi connectivity index (χ1) is 14.0. The molecule has 0 spiro atoms. The summed E-state index contributed by atoms with van der Waals surface area (Å²) < 4.78 is 0. The van der Waals surface area contributed by atoms with Crippen LogP contribution in [0.4, 0.5) is 0 Å². The molecule has 4 heteroatoms. The van der Waals surface area contributed by atoms with Gasteiger partial charge in [0, 0.05) is 30.1 Å². The molecule has 0 bridgehead atoms. The van der Waals surface area contributed by atoms with Crippen molar-refractivity contribution in [2.45, 2.75) is 46.5 Å². The van der Waals surface area contributed by atoms with Gasteiger partial charge in [-0.2, -0.15) is 5.10 Å². The third-order valence-electron chi connectivity index (χ3n) is 5.10. The molecule has 0 atom stereocenters. The number of hydrogen-bond donors (Lipinski definition) is 2. The molecule has 152 valence electrons. The number of H-pyrrole nitrogens is 1. The maximum atomic E-state index is 4.61. The lowest BCUT2D eigenvalue weighted by molar-refractivity contribution is 0.676. The Hall–Kier alpha value is -2.88. The number of aromatic nitrogens is 2. The number of amidine groups is 1. The molecule has 4 nitrogen and oxygen atoms in total. The number of aromatic amines is 1. The quantitative estimate of drug-likeness (QED) is 0.356. The van der Waals surface area contributed by atoms with E-state index in [9.17, 15) is 0 Å². The van der Waals surface area contributed by atoms with Gasteiger partial charge in [-0.3, -0.25) is 10.1 Å². The van der Waals surface area contributed by atoms with Crippen molar-refractivity contribution in [2.24, 2.45) is 10.9 Å². The van der Waals surface area contributed by atoms with Crippen molar-refractivity contribution < 1.29 is 0 Å². The molecule has 3 rings (SSSR count). The van der Waals surface area contributed by atoms with Crippen molar-refractivity contribution in [3.8, 4) is 11.3 Å². The van der Waals surface area contributed by atoms with Crippen LogP contribution < -0.4 is 5.32 Å². The van der Waals surface area contributed by atoms with E-state index >= 15 is 0 Å². The largest absolute Gasteiger partial charge is 0.344 e. The molecule has 0 aliphatic carbocycles. The smallest absolute Gasteiger partial charge is 0.101 e. The summed E-state index contributed by atoms with van der Waals surface area (Å²) in [4.78, 5) is 4.37. The molecule has 29 heavy (non-hydrogen) atoms. The fourth-order valence-electron chi connectivity index (χ4n) is 3.51. The number of nitrogens with one attached hydrogen (secondary N) is 2. The Morgan fingerprint density at radius 1 is 1.21 bits per heavy atom. The Labute approximate surface area is 174 Å². The van der Waals surface area contributed by atoms with Crippen LogP contribution in [0.5, 0.6) is 0 Å². The molecule has 0 aliphatic rings. The third kappa shape index (κ3) is 5.14. The zero-order valence-corrected chi connectivity index (χ0v) is 18.0. The van der Waals surface area contributed by atoms with Crippen molar-refractivity contribution in [3.63, 3.8) is 0 Å². The lowest BCUT2D eigenvalue weighted by Gasteiger charge is -2.14. The van der Waals surface area contributed by atoms with Crippen LogP contribution in [0.15, 0.2) is 54.0 Å². The average Bonchev–Trinajstić information content (AvgIpc) is 3.14. The molecule has 0 unspecified atom stereocenters. The van der Waals surface area contributed by atoms with E-state index < -0.39 is 0 Å². The number of benzene rings is 2. The first-order valence-corrected chi connectivity index (χ1v) is 10.5. The van der Waals surface area contributed by atoms with E-state index in [1.54, 1.807) is 0 Å². The van der Waals surface area contributed by atoms with Crippen LogP contribution in [0.2, 0.25) is 0 Å². The lowest BCUT2D eigenvalue weighted by atomic mass is 10.0. The van der Waals surface area contributed by atoms with E-state index in [-0.39, 0.29) is 0 Å². The van der Waals surface area contributed by atoms with Crippen molar-refractivity contribution in [1.29, 1.82) is 0 Å². The Kier molecular flexibility index (Phi) is 6.86. The van der Waals surface area contributed by atoms with Gasteiger partial charge < -0.3 is 5.32 Å². The molecule has 0 saturated carbocycles. The predicted molar refractivity (Wildman–Crippen MR) is 125 cm³/mol. The monoisotopic (exact) mass is 388 g/mol. The number of aliphatic imine (C=N–C) groups is 1. The molecule has 2 aromatic carbocycles. The summed E-state index contributed by atoms with van der Waals surface area (Å²) in [7, 11) is 1.82. The Morgan fingerprint density at radius 3 is 2.76 bits per heavy atom. The van der Waals surface area contributed by atoms with E-state index in [0.29, 0.717) is 5.92 Å². The number of hydrogen-bond acceptors (Lipinski definition) is 2. The average molecular weight is 389 g/mol. The highest BCUT2D eigenvalue weighted by Gasteiger charge is 2.12. The van der Waals surface area contributed by atoms with Crippen molar-refractivity contribution in [2.75, 3.05) is 7.05 Å². The van der Waals surface area contributed by atoms with Gasteiger partial charge in [-0.25, -0.2) is 0 Å². The van der Waals surface area contributed by atoms with Crippen LogP contribution in [0.25, 0.3) is 27.9 Å². The van der Waals surface area contributed by atoms with Gasteiger partial charge in [0.25, 0.3) is 0 Å². The highest BCUT2D eigenvalue weighted by Crippen LogP contribution is 2.29. The van der Waals surface area contributed by atoms with Gasteiger partial charge in [0.2, 0.25) is 0 Å². The fourth-order valence-corrected chi connectivity index (χ4v) is 3.51. The highest BCUT2D eigenvalue weighted by atomic mass is 15.1. The maximum absolute atomic E-state index is 4.61. The van der Waals surface area contributed by atoms with Crippen molar-refractivity contribution >= 4 is 22.4 Å². The first kappa shape index (κ1) is 20.8. The van der Waals surface area contributed by atoms with Crippen LogP contribution in [0, 0.1) is 5.92 Å². The molecular weight excluding hydrogens is 356 g/mol. The Morgan fingerprint density at radius 2 is 2.03 bits per heavy atom. The number of rotatable bonds is 8. The van der Waals surface area contributed by atoms with Gasteiger partial charge in [0.1, 0.15) is 5.84 Å². The van der Waals surface area contributed by atoms with Gasteiger partial charge in [0.15, 0.2) is 0 Å². The highest BCUT2D eigenvalue weighted by molar-refractivity contribution is 5.96. The first-order valence-electron chi connectivity index (χ1n) is 10.5. The summed E-state index contributed by atoms with van der Waals surface area (Å²) >= 11 is 0. The van der Waals surface area contributed by atoms with Gasteiger partial charge in [-0.05, 0) is 48.1 Å². The minimum atomic E-state index is 0.539. The number of aryl methyl sites for hydroxylation is 1. The van der Waals surface area contributed by atoms with Gasteiger partial charge in [-0.1, -0.05) is 58.0 Å². The zero-order valence-electron chi connectivity index (χ0n) is 18.0. The summed E-state index contributed by atoms with van der Waals surface area (Å²) in [6.07, 6.45) is 4.42. The number of fused-ring (bicyclic) bond motifs is 1.